The van der Waals surface area contributed by atoms with Crippen LogP contribution in [0.3, 0.4) is 0 Å². The number of ether oxygens (including phenoxy) is 2. The first-order valence-corrected chi connectivity index (χ1v) is 12.1. The molecule has 0 radical (unpaired) electrons. The molecule has 11 heteroatoms. The van der Waals surface area contributed by atoms with Gasteiger partial charge in [0.1, 0.15) is 30.6 Å². The largest absolute Gasteiger partial charge is 0.473 e. The second-order valence-electron chi connectivity index (χ2n) is 8.58. The maximum atomic E-state index is 14.7. The maximum Gasteiger partial charge on any atom is 0.242 e. The Kier molecular flexibility index (Phi) is 7.49. The van der Waals surface area contributed by atoms with E-state index in [2.05, 4.69) is 31.0 Å². The van der Waals surface area contributed by atoms with Gasteiger partial charge in [-0.15, -0.1) is 6.42 Å². The summed E-state index contributed by atoms with van der Waals surface area (Å²) in [5.41, 5.74) is 1.56. The molecule has 0 unspecified atom stereocenters. The zero-order valence-electron chi connectivity index (χ0n) is 20.4. The van der Waals surface area contributed by atoms with Crippen LogP contribution in [0.2, 0.25) is 0 Å². The van der Waals surface area contributed by atoms with E-state index in [0.29, 0.717) is 44.5 Å². The molecule has 5 rings (SSSR count). The van der Waals surface area contributed by atoms with Crippen molar-refractivity contribution in [3.8, 4) is 35.5 Å². The predicted octanol–water partition coefficient (Wildman–Crippen LogP) is 3.37. The smallest absolute Gasteiger partial charge is 0.242 e. The van der Waals surface area contributed by atoms with Crippen molar-refractivity contribution in [3.05, 3.63) is 78.7 Å². The molecule has 1 saturated heterocycles. The van der Waals surface area contributed by atoms with Gasteiger partial charge in [-0.25, -0.2) is 24.0 Å². The summed E-state index contributed by atoms with van der Waals surface area (Å²) in [6.45, 7) is 1.13. The number of carbonyl (C=O) groups is 1. The third-order valence-electron chi connectivity index (χ3n) is 6.12. The summed E-state index contributed by atoms with van der Waals surface area (Å²) < 4.78 is 27.9. The van der Waals surface area contributed by atoms with Gasteiger partial charge < -0.3 is 14.4 Å². The van der Waals surface area contributed by atoms with Crippen molar-refractivity contribution in [1.82, 2.24) is 34.6 Å². The first-order valence-electron chi connectivity index (χ1n) is 12.1. The Morgan fingerprint density at radius 1 is 1.11 bits per heavy atom. The van der Waals surface area contributed by atoms with Crippen LogP contribution in [0.25, 0.3) is 5.69 Å². The van der Waals surface area contributed by atoms with Crippen LogP contribution < -0.4 is 9.47 Å². The van der Waals surface area contributed by atoms with E-state index < -0.39 is 5.82 Å². The lowest BCUT2D eigenvalue weighted by molar-refractivity contribution is -0.133. The van der Waals surface area contributed by atoms with Crippen LogP contribution in [-0.4, -0.2) is 59.7 Å². The number of hydrogen-bond acceptors (Lipinski definition) is 8. The standard InChI is InChI=1S/C27H24FN7O3/c1-2-22-26(37-21-10-13-34(14-11-21)25(36)9-6-19-5-3-4-12-30-19)31-17-32-27(22)38-24-8-7-20(15-23(24)28)35-18-29-16-33-35/h1,3-5,7-8,12,15-18,21H,6,9-11,13-14H2. The topological polar surface area (TPSA) is 108 Å². The summed E-state index contributed by atoms with van der Waals surface area (Å²) in [5.74, 6) is 2.09. The number of piperidine rings is 1. The van der Waals surface area contributed by atoms with Gasteiger partial charge in [0, 0.05) is 50.3 Å². The lowest BCUT2D eigenvalue weighted by Crippen LogP contribution is -2.42. The van der Waals surface area contributed by atoms with E-state index >= 15 is 0 Å². The van der Waals surface area contributed by atoms with Crippen LogP contribution in [-0.2, 0) is 11.2 Å². The van der Waals surface area contributed by atoms with Crippen molar-refractivity contribution in [3.63, 3.8) is 0 Å². The number of pyridine rings is 1. The number of carbonyl (C=O) groups excluding carboxylic acids is 1. The Morgan fingerprint density at radius 3 is 2.66 bits per heavy atom. The molecular weight excluding hydrogens is 489 g/mol. The van der Waals surface area contributed by atoms with E-state index in [1.54, 1.807) is 12.3 Å². The minimum absolute atomic E-state index is 0.00652. The summed E-state index contributed by atoms with van der Waals surface area (Å²) in [6, 6.07) is 10.0. The first-order chi connectivity index (χ1) is 18.6. The lowest BCUT2D eigenvalue weighted by atomic mass is 10.1. The fourth-order valence-corrected chi connectivity index (χ4v) is 4.13. The van der Waals surface area contributed by atoms with E-state index in [-0.39, 0.29) is 35.1 Å². The summed E-state index contributed by atoms with van der Waals surface area (Å²) in [7, 11) is 0. The Morgan fingerprint density at radius 2 is 1.95 bits per heavy atom. The van der Waals surface area contributed by atoms with Crippen molar-refractivity contribution in [2.75, 3.05) is 13.1 Å². The minimum atomic E-state index is -0.623. The number of rotatable bonds is 8. The molecule has 1 amide bonds. The molecule has 0 N–H and O–H groups in total. The summed E-state index contributed by atoms with van der Waals surface area (Å²) in [6.07, 6.45) is 13.6. The molecule has 1 aromatic carbocycles. The van der Waals surface area contributed by atoms with Crippen LogP contribution >= 0.6 is 0 Å². The SMILES string of the molecule is C#Cc1c(Oc2ccc(-n3cncn3)cc2F)ncnc1OC1CCN(C(=O)CCc2ccccn2)CC1. The van der Waals surface area contributed by atoms with Gasteiger partial charge in [-0.2, -0.15) is 5.10 Å². The summed E-state index contributed by atoms with van der Waals surface area (Å²) in [4.78, 5) is 30.8. The molecule has 1 aliphatic rings. The van der Waals surface area contributed by atoms with Gasteiger partial charge in [0.2, 0.25) is 17.7 Å². The normalized spacial score (nSPS) is 13.6. The molecule has 1 aliphatic heterocycles. The van der Waals surface area contributed by atoms with Crippen molar-refractivity contribution >= 4 is 5.91 Å². The molecule has 0 bridgehead atoms. The van der Waals surface area contributed by atoms with Gasteiger partial charge in [-0.1, -0.05) is 12.0 Å². The van der Waals surface area contributed by atoms with Gasteiger partial charge in [-0.05, 0) is 30.7 Å². The van der Waals surface area contributed by atoms with Crippen LogP contribution in [0.1, 0.15) is 30.5 Å². The number of likely N-dealkylation sites (tertiary alicyclic amines) is 1. The highest BCUT2D eigenvalue weighted by atomic mass is 19.1. The number of amides is 1. The summed E-state index contributed by atoms with van der Waals surface area (Å²) >= 11 is 0. The molecule has 0 aliphatic carbocycles. The van der Waals surface area contributed by atoms with Crippen LogP contribution in [0, 0.1) is 18.2 Å². The van der Waals surface area contributed by atoms with E-state index in [1.165, 1.54) is 35.8 Å². The average molecular weight is 514 g/mol. The number of aryl methyl sites for hydroxylation is 1. The van der Waals surface area contributed by atoms with E-state index in [1.807, 2.05) is 23.1 Å². The number of benzene rings is 1. The highest BCUT2D eigenvalue weighted by Crippen LogP contribution is 2.31. The quantitative estimate of drug-likeness (QED) is 0.330. The number of aromatic nitrogens is 6. The first kappa shape index (κ1) is 24.8. The van der Waals surface area contributed by atoms with E-state index in [0.717, 1.165) is 5.69 Å². The fourth-order valence-electron chi connectivity index (χ4n) is 4.13. The Labute approximate surface area is 218 Å². The van der Waals surface area contributed by atoms with Gasteiger partial charge >= 0.3 is 0 Å². The van der Waals surface area contributed by atoms with Crippen molar-refractivity contribution in [1.29, 1.82) is 0 Å². The van der Waals surface area contributed by atoms with Crippen LogP contribution in [0.15, 0.2) is 61.6 Å². The third-order valence-corrected chi connectivity index (χ3v) is 6.12. The van der Waals surface area contributed by atoms with Crippen LogP contribution in [0.4, 0.5) is 4.39 Å². The molecule has 4 aromatic rings. The highest BCUT2D eigenvalue weighted by molar-refractivity contribution is 5.76. The third kappa shape index (κ3) is 5.75. The molecule has 4 heterocycles. The Bertz CT molecular complexity index is 1430. The monoisotopic (exact) mass is 513 g/mol. The van der Waals surface area contributed by atoms with Gasteiger partial charge in [0.15, 0.2) is 11.6 Å². The second-order valence-corrected chi connectivity index (χ2v) is 8.58. The number of nitrogens with zero attached hydrogens (tertiary/aromatic N) is 7. The zero-order valence-corrected chi connectivity index (χ0v) is 20.4. The molecule has 0 spiro atoms. The highest BCUT2D eigenvalue weighted by Gasteiger charge is 2.26. The van der Waals surface area contributed by atoms with Crippen molar-refractivity contribution < 1.29 is 18.7 Å². The van der Waals surface area contributed by atoms with Crippen molar-refractivity contribution in [2.45, 2.75) is 31.8 Å². The maximum absolute atomic E-state index is 14.7. The van der Waals surface area contributed by atoms with E-state index in [9.17, 15) is 9.18 Å². The van der Waals surface area contributed by atoms with Gasteiger partial charge in [0.05, 0.1) is 5.69 Å². The Hall–Kier alpha value is -4.85. The zero-order chi connectivity index (χ0) is 26.3. The molecule has 10 nitrogen and oxygen atoms in total. The Balaban J connectivity index is 1.20. The average Bonchev–Trinajstić information content (AvgIpc) is 3.49. The summed E-state index contributed by atoms with van der Waals surface area (Å²) in [5, 5.41) is 3.98. The van der Waals surface area contributed by atoms with Crippen molar-refractivity contribution in [2.24, 2.45) is 0 Å². The minimum Gasteiger partial charge on any atom is -0.473 e. The number of terminal acetylenes is 1. The molecule has 0 atom stereocenters. The molecule has 0 saturated carbocycles. The molecule has 192 valence electrons. The molecule has 38 heavy (non-hydrogen) atoms. The number of halogens is 1. The fraction of sp³-hybridized carbons (Fsp3) is 0.259. The van der Waals surface area contributed by atoms with Gasteiger partial charge in [0.25, 0.3) is 0 Å². The van der Waals surface area contributed by atoms with Gasteiger partial charge in [-0.3, -0.25) is 9.78 Å². The number of hydrogen-bond donors (Lipinski definition) is 0. The van der Waals surface area contributed by atoms with E-state index in [4.69, 9.17) is 15.9 Å². The van der Waals surface area contributed by atoms with Crippen LogP contribution in [0.5, 0.6) is 17.5 Å². The lowest BCUT2D eigenvalue weighted by Gasteiger charge is -2.32. The molecular formula is C27H24FN7O3. The molecule has 3 aromatic heterocycles. The second kappa shape index (κ2) is 11.5. The molecule has 1 fully saturated rings. The predicted molar refractivity (Wildman–Crippen MR) is 134 cm³/mol.